The number of likely N-dealkylation sites (tertiary alicyclic amines) is 1. The van der Waals surface area contributed by atoms with E-state index in [9.17, 15) is 9.90 Å². The van der Waals surface area contributed by atoms with Crippen molar-refractivity contribution in [2.24, 2.45) is 0 Å². The Morgan fingerprint density at radius 2 is 2.26 bits per heavy atom. The summed E-state index contributed by atoms with van der Waals surface area (Å²) in [5.41, 5.74) is 0.831. The summed E-state index contributed by atoms with van der Waals surface area (Å²) >= 11 is 12.0. The van der Waals surface area contributed by atoms with Crippen LogP contribution in [0.4, 0.5) is 0 Å². The lowest BCUT2D eigenvalue weighted by molar-refractivity contribution is -0.142. The van der Waals surface area contributed by atoms with E-state index < -0.39 is 12.0 Å². The Kier molecular flexibility index (Phi) is 4.68. The van der Waals surface area contributed by atoms with Crippen LogP contribution in [0.2, 0.25) is 10.0 Å². The van der Waals surface area contributed by atoms with Crippen LogP contribution in [0.3, 0.4) is 0 Å². The van der Waals surface area contributed by atoms with Gasteiger partial charge in [-0.25, -0.2) is 0 Å². The van der Waals surface area contributed by atoms with Crippen LogP contribution in [0.1, 0.15) is 12.0 Å². The molecule has 0 amide bonds. The van der Waals surface area contributed by atoms with Gasteiger partial charge in [-0.1, -0.05) is 23.2 Å². The van der Waals surface area contributed by atoms with Gasteiger partial charge >= 0.3 is 5.97 Å². The van der Waals surface area contributed by atoms with Crippen molar-refractivity contribution in [3.05, 3.63) is 33.8 Å². The second-order valence-corrected chi connectivity index (χ2v) is 5.46. The summed E-state index contributed by atoms with van der Waals surface area (Å²) in [5, 5.41) is 10.4. The number of benzene rings is 1. The molecule has 0 aliphatic carbocycles. The predicted octanol–water partition coefficient (Wildman–Crippen LogP) is 2.67. The van der Waals surface area contributed by atoms with Gasteiger partial charge in [0.15, 0.2) is 0 Å². The number of hydrogen-bond donors (Lipinski definition) is 1. The van der Waals surface area contributed by atoms with E-state index in [0.29, 0.717) is 29.6 Å². The van der Waals surface area contributed by atoms with E-state index in [4.69, 9.17) is 27.9 Å². The summed E-state index contributed by atoms with van der Waals surface area (Å²) in [5.74, 6) is -0.835. The Labute approximate surface area is 121 Å². The van der Waals surface area contributed by atoms with E-state index in [-0.39, 0.29) is 6.10 Å². The first-order valence-electron chi connectivity index (χ1n) is 5.95. The lowest BCUT2D eigenvalue weighted by Gasteiger charge is -2.21. The van der Waals surface area contributed by atoms with Crippen molar-refractivity contribution < 1.29 is 14.6 Å². The number of halogens is 2. The van der Waals surface area contributed by atoms with E-state index in [1.807, 2.05) is 4.90 Å². The molecule has 0 spiro atoms. The Morgan fingerprint density at radius 1 is 1.53 bits per heavy atom. The maximum atomic E-state index is 11.3. The molecule has 1 aromatic carbocycles. The first-order valence-corrected chi connectivity index (χ1v) is 6.70. The topological polar surface area (TPSA) is 49.8 Å². The monoisotopic (exact) mass is 303 g/mol. The summed E-state index contributed by atoms with van der Waals surface area (Å²) in [6, 6.07) is 4.66. The van der Waals surface area contributed by atoms with Crippen LogP contribution in [-0.2, 0) is 16.1 Å². The van der Waals surface area contributed by atoms with E-state index in [0.717, 1.165) is 5.56 Å². The number of aliphatic carboxylic acids is 1. The smallest absolute Gasteiger partial charge is 0.321 e. The van der Waals surface area contributed by atoms with Crippen LogP contribution in [0.5, 0.6) is 0 Å². The molecule has 0 radical (unpaired) electrons. The molecule has 0 bridgehead atoms. The molecule has 6 heteroatoms. The first kappa shape index (κ1) is 14.6. The molecule has 104 valence electrons. The fraction of sp³-hybridized carbons (Fsp3) is 0.462. The number of carboxylic acids is 1. The molecule has 2 atom stereocenters. The average molecular weight is 304 g/mol. The highest BCUT2D eigenvalue weighted by atomic mass is 35.5. The maximum absolute atomic E-state index is 11.3. The summed E-state index contributed by atoms with van der Waals surface area (Å²) in [7, 11) is 1.60. The van der Waals surface area contributed by atoms with E-state index in [1.165, 1.54) is 0 Å². The van der Waals surface area contributed by atoms with Crippen molar-refractivity contribution in [3.63, 3.8) is 0 Å². The average Bonchev–Trinajstić information content (AvgIpc) is 2.77. The molecular weight excluding hydrogens is 289 g/mol. The van der Waals surface area contributed by atoms with Crippen LogP contribution in [0.15, 0.2) is 18.2 Å². The third kappa shape index (κ3) is 3.39. The van der Waals surface area contributed by atoms with E-state index in [1.54, 1.807) is 25.3 Å². The summed E-state index contributed by atoms with van der Waals surface area (Å²) in [6.07, 6.45) is 0.434. The van der Waals surface area contributed by atoms with Crippen LogP contribution >= 0.6 is 23.2 Å². The van der Waals surface area contributed by atoms with Crippen LogP contribution in [0, 0.1) is 0 Å². The van der Waals surface area contributed by atoms with Crippen molar-refractivity contribution in [2.45, 2.75) is 25.1 Å². The molecular formula is C13H15Cl2NO3. The van der Waals surface area contributed by atoms with E-state index >= 15 is 0 Å². The van der Waals surface area contributed by atoms with Gasteiger partial charge in [-0.15, -0.1) is 0 Å². The van der Waals surface area contributed by atoms with Gasteiger partial charge in [-0.3, -0.25) is 9.69 Å². The molecule has 19 heavy (non-hydrogen) atoms. The van der Waals surface area contributed by atoms with Crippen LogP contribution in [-0.4, -0.2) is 41.8 Å². The van der Waals surface area contributed by atoms with Gasteiger partial charge in [-0.2, -0.15) is 0 Å². The van der Waals surface area contributed by atoms with Crippen LogP contribution in [0.25, 0.3) is 0 Å². The summed E-state index contributed by atoms with van der Waals surface area (Å²) in [6.45, 7) is 1.03. The van der Waals surface area contributed by atoms with Gasteiger partial charge < -0.3 is 9.84 Å². The zero-order valence-electron chi connectivity index (χ0n) is 10.5. The fourth-order valence-electron chi connectivity index (χ4n) is 2.35. The Morgan fingerprint density at radius 3 is 2.89 bits per heavy atom. The standard InChI is InChI=1S/C13H15Cl2NO3/c1-19-10-5-12(13(17)18)16(7-10)6-8-4-9(14)2-3-11(8)15/h2-4,10,12H,5-7H2,1H3,(H,17,18)/t10-,12-/m0/s1. The minimum absolute atomic E-state index is 0.0564. The minimum Gasteiger partial charge on any atom is -0.480 e. The number of carbonyl (C=O) groups is 1. The SMILES string of the molecule is CO[C@H]1C[C@@H](C(=O)O)N(Cc2cc(Cl)ccc2Cl)C1. The van der Waals surface area contributed by atoms with Gasteiger partial charge in [0.05, 0.1) is 6.10 Å². The Bertz CT molecular complexity index is 481. The molecule has 4 nitrogen and oxygen atoms in total. The molecule has 1 N–H and O–H groups in total. The maximum Gasteiger partial charge on any atom is 0.321 e. The summed E-state index contributed by atoms with van der Waals surface area (Å²) < 4.78 is 5.25. The third-order valence-electron chi connectivity index (χ3n) is 3.36. The Hall–Kier alpha value is -0.810. The highest BCUT2D eigenvalue weighted by Crippen LogP contribution is 2.27. The lowest BCUT2D eigenvalue weighted by atomic mass is 10.1. The second kappa shape index (κ2) is 6.09. The molecule has 1 saturated heterocycles. The molecule has 1 fully saturated rings. The first-order chi connectivity index (χ1) is 9.01. The normalized spacial score (nSPS) is 23.7. The van der Waals surface area contributed by atoms with E-state index in [2.05, 4.69) is 0 Å². The van der Waals surface area contributed by atoms with Crippen molar-refractivity contribution in [3.8, 4) is 0 Å². The molecule has 0 saturated carbocycles. The number of ether oxygens (including phenoxy) is 1. The molecule has 0 aromatic heterocycles. The molecule has 1 aliphatic heterocycles. The highest BCUT2D eigenvalue weighted by molar-refractivity contribution is 6.33. The third-order valence-corrected chi connectivity index (χ3v) is 3.97. The molecule has 0 unspecified atom stereocenters. The molecule has 1 aromatic rings. The zero-order chi connectivity index (χ0) is 14.0. The number of hydrogen-bond acceptors (Lipinski definition) is 3. The van der Waals surface area contributed by atoms with Gasteiger partial charge in [0, 0.05) is 36.7 Å². The van der Waals surface area contributed by atoms with Crippen molar-refractivity contribution in [1.82, 2.24) is 4.90 Å². The Balaban J connectivity index is 2.16. The predicted molar refractivity (Wildman–Crippen MR) is 73.7 cm³/mol. The van der Waals surface area contributed by atoms with Gasteiger partial charge in [0.25, 0.3) is 0 Å². The molecule has 2 rings (SSSR count). The number of rotatable bonds is 4. The zero-order valence-corrected chi connectivity index (χ0v) is 12.0. The second-order valence-electron chi connectivity index (χ2n) is 4.61. The number of nitrogens with zero attached hydrogens (tertiary/aromatic N) is 1. The molecule has 1 aliphatic rings. The lowest BCUT2D eigenvalue weighted by Crippen LogP contribution is -2.35. The largest absolute Gasteiger partial charge is 0.480 e. The van der Waals surface area contributed by atoms with Gasteiger partial charge in [-0.05, 0) is 23.8 Å². The highest BCUT2D eigenvalue weighted by Gasteiger charge is 2.37. The number of methoxy groups -OCH3 is 1. The van der Waals surface area contributed by atoms with Crippen molar-refractivity contribution in [1.29, 1.82) is 0 Å². The number of carboxylic acid groups (broad SMARTS) is 1. The fourth-order valence-corrected chi connectivity index (χ4v) is 2.72. The quantitative estimate of drug-likeness (QED) is 0.929. The molecule has 1 heterocycles. The van der Waals surface area contributed by atoms with Crippen LogP contribution < -0.4 is 0 Å². The van der Waals surface area contributed by atoms with Crippen molar-refractivity contribution >= 4 is 29.2 Å². The minimum atomic E-state index is -0.835. The summed E-state index contributed by atoms with van der Waals surface area (Å²) in [4.78, 5) is 13.1. The van der Waals surface area contributed by atoms with Crippen molar-refractivity contribution in [2.75, 3.05) is 13.7 Å². The van der Waals surface area contributed by atoms with Gasteiger partial charge in [0.2, 0.25) is 0 Å². The van der Waals surface area contributed by atoms with Gasteiger partial charge in [0.1, 0.15) is 6.04 Å².